The van der Waals surface area contributed by atoms with E-state index in [0.717, 1.165) is 10.9 Å². The average molecular weight is 329 g/mol. The molecule has 0 spiro atoms. The molecule has 0 fully saturated rings. The topological polar surface area (TPSA) is 78.4 Å². The summed E-state index contributed by atoms with van der Waals surface area (Å²) in [6, 6.07) is 6.80. The third-order valence-electron chi connectivity index (χ3n) is 2.62. The van der Waals surface area contributed by atoms with Gasteiger partial charge in [-0.25, -0.2) is 4.79 Å². The molecule has 6 heteroatoms. The molecule has 3 N–H and O–H groups in total. The van der Waals surface area contributed by atoms with Gasteiger partial charge in [0.05, 0.1) is 11.6 Å². The van der Waals surface area contributed by atoms with Gasteiger partial charge in [-0.15, -0.1) is 0 Å². The molecule has 0 aromatic heterocycles. The standard InChI is InChI=1S/C13H17BrN2O3/c1-2-5-9(12(17)18)8-15-13(19)16-11-7-4-3-6-10(11)14/h3-4,6-7,9H,2,5,8H2,1H3,(H,17,18)(H2,15,16,19). The van der Waals surface area contributed by atoms with E-state index in [-0.39, 0.29) is 6.54 Å². The highest BCUT2D eigenvalue weighted by Crippen LogP contribution is 2.20. The van der Waals surface area contributed by atoms with Gasteiger partial charge in [-0.3, -0.25) is 4.79 Å². The van der Waals surface area contributed by atoms with Gasteiger partial charge in [-0.1, -0.05) is 25.5 Å². The number of para-hydroxylation sites is 1. The summed E-state index contributed by atoms with van der Waals surface area (Å²) in [5, 5.41) is 14.2. The largest absolute Gasteiger partial charge is 0.481 e. The summed E-state index contributed by atoms with van der Waals surface area (Å²) >= 11 is 3.32. The van der Waals surface area contributed by atoms with Crippen molar-refractivity contribution in [2.24, 2.45) is 5.92 Å². The highest BCUT2D eigenvalue weighted by Gasteiger charge is 2.17. The van der Waals surface area contributed by atoms with Crippen LogP contribution >= 0.6 is 15.9 Å². The minimum atomic E-state index is -0.886. The molecular formula is C13H17BrN2O3. The number of carbonyl (C=O) groups excluding carboxylic acids is 1. The zero-order valence-corrected chi connectivity index (χ0v) is 12.2. The van der Waals surface area contributed by atoms with Crippen molar-refractivity contribution in [1.29, 1.82) is 0 Å². The highest BCUT2D eigenvalue weighted by molar-refractivity contribution is 9.10. The van der Waals surface area contributed by atoms with Gasteiger partial charge in [-0.05, 0) is 34.5 Å². The lowest BCUT2D eigenvalue weighted by atomic mass is 10.0. The molecule has 0 aliphatic heterocycles. The molecule has 1 rings (SSSR count). The van der Waals surface area contributed by atoms with Crippen LogP contribution in [0.15, 0.2) is 28.7 Å². The molecule has 0 aliphatic rings. The number of urea groups is 1. The van der Waals surface area contributed by atoms with Gasteiger partial charge in [0.25, 0.3) is 0 Å². The molecular weight excluding hydrogens is 312 g/mol. The fourth-order valence-electron chi connectivity index (χ4n) is 1.61. The van der Waals surface area contributed by atoms with Gasteiger partial charge < -0.3 is 15.7 Å². The maximum absolute atomic E-state index is 11.7. The quantitative estimate of drug-likeness (QED) is 0.750. The summed E-state index contributed by atoms with van der Waals surface area (Å²) in [5.41, 5.74) is 0.641. The van der Waals surface area contributed by atoms with E-state index in [1.165, 1.54) is 0 Å². The van der Waals surface area contributed by atoms with Crippen LogP contribution in [0, 0.1) is 5.92 Å². The molecule has 0 saturated carbocycles. The smallest absolute Gasteiger partial charge is 0.319 e. The van der Waals surface area contributed by atoms with E-state index in [2.05, 4.69) is 26.6 Å². The Labute approximate surface area is 120 Å². The minimum Gasteiger partial charge on any atom is -0.481 e. The zero-order valence-electron chi connectivity index (χ0n) is 10.6. The first-order valence-corrected chi connectivity index (χ1v) is 6.86. The van der Waals surface area contributed by atoms with Crippen LogP contribution in [-0.4, -0.2) is 23.7 Å². The van der Waals surface area contributed by atoms with E-state index in [1.807, 2.05) is 19.1 Å². The molecule has 104 valence electrons. The second kappa shape index (κ2) is 7.78. The van der Waals surface area contributed by atoms with Crippen molar-refractivity contribution in [3.63, 3.8) is 0 Å². The van der Waals surface area contributed by atoms with E-state index in [9.17, 15) is 9.59 Å². The summed E-state index contributed by atoms with van der Waals surface area (Å²) in [4.78, 5) is 22.6. The Hall–Kier alpha value is -1.56. The van der Waals surface area contributed by atoms with Gasteiger partial charge in [0.2, 0.25) is 0 Å². The van der Waals surface area contributed by atoms with E-state index < -0.39 is 17.9 Å². The summed E-state index contributed by atoms with van der Waals surface area (Å²) in [7, 11) is 0. The maximum atomic E-state index is 11.7. The number of hydrogen-bond donors (Lipinski definition) is 3. The molecule has 1 aromatic carbocycles. The lowest BCUT2D eigenvalue weighted by molar-refractivity contribution is -0.141. The molecule has 0 bridgehead atoms. The van der Waals surface area contributed by atoms with Gasteiger partial charge in [0.15, 0.2) is 0 Å². The SMILES string of the molecule is CCCC(CNC(=O)Nc1ccccc1Br)C(=O)O. The molecule has 0 aliphatic carbocycles. The molecule has 0 saturated heterocycles. The Morgan fingerprint density at radius 1 is 1.37 bits per heavy atom. The van der Waals surface area contributed by atoms with Crippen molar-refractivity contribution in [1.82, 2.24) is 5.32 Å². The lowest BCUT2D eigenvalue weighted by Crippen LogP contribution is -2.35. The van der Waals surface area contributed by atoms with E-state index in [0.29, 0.717) is 12.1 Å². The Kier molecular flexibility index (Phi) is 6.35. The summed E-state index contributed by atoms with van der Waals surface area (Å²) in [5.74, 6) is -1.43. The van der Waals surface area contributed by atoms with Crippen molar-refractivity contribution >= 4 is 33.6 Å². The predicted octanol–water partition coefficient (Wildman–Crippen LogP) is 3.07. The zero-order chi connectivity index (χ0) is 14.3. The molecule has 0 radical (unpaired) electrons. The van der Waals surface area contributed by atoms with Crippen molar-refractivity contribution in [3.8, 4) is 0 Å². The fourth-order valence-corrected chi connectivity index (χ4v) is 1.99. The van der Waals surface area contributed by atoms with Crippen LogP contribution < -0.4 is 10.6 Å². The third kappa shape index (κ3) is 5.30. The van der Waals surface area contributed by atoms with Gasteiger partial charge in [0, 0.05) is 11.0 Å². The third-order valence-corrected chi connectivity index (χ3v) is 3.31. The number of nitrogens with one attached hydrogen (secondary N) is 2. The second-order valence-corrected chi connectivity index (χ2v) is 4.99. The first kappa shape index (κ1) is 15.5. The maximum Gasteiger partial charge on any atom is 0.319 e. The normalized spacial score (nSPS) is 11.7. The number of amides is 2. The number of anilines is 1. The van der Waals surface area contributed by atoms with Crippen LogP contribution in [0.2, 0.25) is 0 Å². The number of halogens is 1. The number of benzene rings is 1. The Balaban J connectivity index is 2.47. The van der Waals surface area contributed by atoms with Crippen LogP contribution in [0.25, 0.3) is 0 Å². The number of aliphatic carboxylic acids is 1. The number of hydrogen-bond acceptors (Lipinski definition) is 2. The summed E-state index contributed by atoms with van der Waals surface area (Å²) in [6.07, 6.45) is 1.31. The molecule has 2 amide bonds. The molecule has 19 heavy (non-hydrogen) atoms. The monoisotopic (exact) mass is 328 g/mol. The van der Waals surface area contributed by atoms with Crippen LogP contribution in [0.5, 0.6) is 0 Å². The summed E-state index contributed by atoms with van der Waals surface area (Å²) < 4.78 is 0.772. The van der Waals surface area contributed by atoms with Crippen LogP contribution in [0.4, 0.5) is 10.5 Å². The van der Waals surface area contributed by atoms with Crippen molar-refractivity contribution < 1.29 is 14.7 Å². The van der Waals surface area contributed by atoms with Crippen molar-refractivity contribution in [3.05, 3.63) is 28.7 Å². The Morgan fingerprint density at radius 3 is 2.63 bits per heavy atom. The number of carbonyl (C=O) groups is 2. The van der Waals surface area contributed by atoms with Gasteiger partial charge >= 0.3 is 12.0 Å². The van der Waals surface area contributed by atoms with Crippen molar-refractivity contribution in [2.75, 3.05) is 11.9 Å². The fraction of sp³-hybridized carbons (Fsp3) is 0.385. The second-order valence-electron chi connectivity index (χ2n) is 4.14. The van der Waals surface area contributed by atoms with Gasteiger partial charge in [-0.2, -0.15) is 0 Å². The minimum absolute atomic E-state index is 0.124. The molecule has 0 heterocycles. The lowest BCUT2D eigenvalue weighted by Gasteiger charge is -2.13. The van der Waals surface area contributed by atoms with E-state index in [4.69, 9.17) is 5.11 Å². The Morgan fingerprint density at radius 2 is 2.05 bits per heavy atom. The first-order valence-electron chi connectivity index (χ1n) is 6.06. The predicted molar refractivity (Wildman–Crippen MR) is 77.2 cm³/mol. The number of carboxylic acid groups (broad SMARTS) is 1. The molecule has 1 atom stereocenters. The highest BCUT2D eigenvalue weighted by atomic mass is 79.9. The number of rotatable bonds is 6. The van der Waals surface area contributed by atoms with E-state index in [1.54, 1.807) is 12.1 Å². The average Bonchev–Trinajstić information content (AvgIpc) is 2.37. The Bertz CT molecular complexity index is 451. The summed E-state index contributed by atoms with van der Waals surface area (Å²) in [6.45, 7) is 2.04. The van der Waals surface area contributed by atoms with E-state index >= 15 is 0 Å². The van der Waals surface area contributed by atoms with Crippen LogP contribution in [-0.2, 0) is 4.79 Å². The number of carboxylic acids is 1. The first-order chi connectivity index (χ1) is 9.04. The van der Waals surface area contributed by atoms with Crippen LogP contribution in [0.3, 0.4) is 0 Å². The molecule has 5 nitrogen and oxygen atoms in total. The molecule has 1 aromatic rings. The van der Waals surface area contributed by atoms with Crippen LogP contribution in [0.1, 0.15) is 19.8 Å². The van der Waals surface area contributed by atoms with Gasteiger partial charge in [0.1, 0.15) is 0 Å². The van der Waals surface area contributed by atoms with Crippen molar-refractivity contribution in [2.45, 2.75) is 19.8 Å². The molecule has 1 unspecified atom stereocenters.